The number of nitrogens with one attached hydrogen (secondary N) is 2. The molecule has 2 N–H and O–H groups in total. The molecule has 0 aromatic heterocycles. The van der Waals surface area contributed by atoms with E-state index in [0.29, 0.717) is 5.56 Å². The first-order valence-electron chi connectivity index (χ1n) is 7.59. The fraction of sp³-hybridized carbons (Fsp3) is 0.0526. The minimum absolute atomic E-state index is 0.237. The molecule has 0 amide bonds. The second kappa shape index (κ2) is 7.28. The van der Waals surface area contributed by atoms with Crippen molar-refractivity contribution < 1.29 is 4.92 Å². The van der Waals surface area contributed by atoms with Crippen LogP contribution in [0.2, 0.25) is 0 Å². The van der Waals surface area contributed by atoms with E-state index in [4.69, 9.17) is 0 Å². The maximum atomic E-state index is 11.0. The number of para-hydroxylation sites is 2. The molecule has 120 valence electrons. The Morgan fingerprint density at radius 1 is 0.750 bits per heavy atom. The minimum Gasteiger partial charge on any atom is -0.356 e. The van der Waals surface area contributed by atoms with Crippen LogP contribution in [0.3, 0.4) is 0 Å². The smallest absolute Gasteiger partial charge is 0.231 e. The van der Waals surface area contributed by atoms with E-state index in [0.717, 1.165) is 22.7 Å². The van der Waals surface area contributed by atoms with Gasteiger partial charge in [0.25, 0.3) is 0 Å². The lowest BCUT2D eigenvalue weighted by Gasteiger charge is -2.13. The number of anilines is 4. The Hall–Kier alpha value is -3.34. The summed E-state index contributed by atoms with van der Waals surface area (Å²) in [5, 5.41) is 17.5. The summed E-state index contributed by atoms with van der Waals surface area (Å²) in [5.41, 5.74) is 4.01. The molecule has 0 heterocycles. The molecule has 0 saturated heterocycles. The van der Waals surface area contributed by atoms with Crippen LogP contribution in [0.1, 0.15) is 5.56 Å². The van der Waals surface area contributed by atoms with Gasteiger partial charge in [-0.1, -0.05) is 36.4 Å². The van der Waals surface area contributed by atoms with E-state index in [1.54, 1.807) is 6.07 Å². The molecule has 0 unspecified atom stereocenters. The van der Waals surface area contributed by atoms with Crippen molar-refractivity contribution in [1.82, 2.24) is 0 Å². The summed E-state index contributed by atoms with van der Waals surface area (Å²) < 4.78 is 0. The number of hydrogen-bond acceptors (Lipinski definition) is 4. The van der Waals surface area contributed by atoms with Gasteiger partial charge in [0.05, 0.1) is 0 Å². The van der Waals surface area contributed by atoms with Crippen LogP contribution in [-0.2, 0) is 6.54 Å². The van der Waals surface area contributed by atoms with Gasteiger partial charge in [-0.25, -0.2) is 0 Å². The van der Waals surface area contributed by atoms with Crippen molar-refractivity contribution in [2.75, 3.05) is 10.6 Å². The first kappa shape index (κ1) is 15.6. The zero-order valence-corrected chi connectivity index (χ0v) is 13.0. The van der Waals surface area contributed by atoms with Crippen molar-refractivity contribution >= 4 is 22.7 Å². The average Bonchev–Trinajstić information content (AvgIpc) is 2.59. The SMILES string of the molecule is O=[N+]([O-])Cc1cc(Nc2ccccc2)ccc1Nc1ccccc1. The lowest BCUT2D eigenvalue weighted by atomic mass is 10.1. The second-order valence-corrected chi connectivity index (χ2v) is 5.34. The molecule has 5 nitrogen and oxygen atoms in total. The fourth-order valence-electron chi connectivity index (χ4n) is 2.43. The first-order valence-corrected chi connectivity index (χ1v) is 7.59. The zero-order chi connectivity index (χ0) is 16.8. The number of hydrogen-bond donors (Lipinski definition) is 2. The van der Waals surface area contributed by atoms with Crippen molar-refractivity contribution in [1.29, 1.82) is 0 Å². The predicted molar refractivity (Wildman–Crippen MR) is 96.6 cm³/mol. The summed E-state index contributed by atoms with van der Waals surface area (Å²) in [6, 6.07) is 24.9. The van der Waals surface area contributed by atoms with Crippen LogP contribution in [0.5, 0.6) is 0 Å². The van der Waals surface area contributed by atoms with Crippen LogP contribution in [0, 0.1) is 10.1 Å². The molecule has 24 heavy (non-hydrogen) atoms. The van der Waals surface area contributed by atoms with Crippen molar-refractivity contribution in [3.05, 3.63) is 94.5 Å². The summed E-state index contributed by atoms with van der Waals surface area (Å²) in [4.78, 5) is 10.7. The molecule has 0 bridgehead atoms. The van der Waals surface area contributed by atoms with Gasteiger partial charge in [0.2, 0.25) is 6.54 Å². The lowest BCUT2D eigenvalue weighted by molar-refractivity contribution is -0.496. The molecule has 0 fully saturated rings. The van der Waals surface area contributed by atoms with E-state index < -0.39 is 0 Å². The Balaban J connectivity index is 1.87. The highest BCUT2D eigenvalue weighted by Crippen LogP contribution is 2.26. The molecule has 5 heteroatoms. The quantitative estimate of drug-likeness (QED) is 0.498. The van der Waals surface area contributed by atoms with E-state index in [1.807, 2.05) is 72.8 Å². The van der Waals surface area contributed by atoms with Crippen LogP contribution in [0.25, 0.3) is 0 Å². The van der Waals surface area contributed by atoms with E-state index in [2.05, 4.69) is 10.6 Å². The highest BCUT2D eigenvalue weighted by atomic mass is 16.6. The fourth-order valence-corrected chi connectivity index (χ4v) is 2.43. The summed E-state index contributed by atoms with van der Waals surface area (Å²) in [6.45, 7) is -0.237. The summed E-state index contributed by atoms with van der Waals surface area (Å²) in [5.74, 6) is 0. The molecule has 0 spiro atoms. The van der Waals surface area contributed by atoms with Gasteiger partial charge in [-0.3, -0.25) is 10.1 Å². The molecule has 0 aliphatic heterocycles. The predicted octanol–water partition coefficient (Wildman–Crippen LogP) is 4.95. The number of rotatable bonds is 6. The third-order valence-corrected chi connectivity index (χ3v) is 3.52. The van der Waals surface area contributed by atoms with Crippen LogP contribution in [0.15, 0.2) is 78.9 Å². The van der Waals surface area contributed by atoms with Crippen LogP contribution < -0.4 is 10.6 Å². The standard InChI is InChI=1S/C19H17N3O2/c23-22(24)14-15-13-18(20-16-7-3-1-4-8-16)11-12-19(15)21-17-9-5-2-6-10-17/h1-13,20-21H,14H2. The van der Waals surface area contributed by atoms with Crippen LogP contribution in [0.4, 0.5) is 22.7 Å². The highest BCUT2D eigenvalue weighted by molar-refractivity contribution is 5.69. The second-order valence-electron chi connectivity index (χ2n) is 5.34. The van der Waals surface area contributed by atoms with Gasteiger partial charge in [-0.2, -0.15) is 0 Å². The molecule has 3 aromatic rings. The summed E-state index contributed by atoms with van der Waals surface area (Å²) in [6.07, 6.45) is 0. The van der Waals surface area contributed by atoms with E-state index >= 15 is 0 Å². The van der Waals surface area contributed by atoms with Gasteiger partial charge in [-0.15, -0.1) is 0 Å². The maximum Gasteiger partial charge on any atom is 0.231 e. The third kappa shape index (κ3) is 4.10. The van der Waals surface area contributed by atoms with Gasteiger partial charge < -0.3 is 10.6 Å². The van der Waals surface area contributed by atoms with E-state index in [-0.39, 0.29) is 11.5 Å². The maximum absolute atomic E-state index is 11.0. The molecule has 0 radical (unpaired) electrons. The lowest BCUT2D eigenvalue weighted by Crippen LogP contribution is -2.04. The Morgan fingerprint density at radius 3 is 1.92 bits per heavy atom. The van der Waals surface area contributed by atoms with E-state index in [9.17, 15) is 10.1 Å². The third-order valence-electron chi connectivity index (χ3n) is 3.52. The largest absolute Gasteiger partial charge is 0.356 e. The molecule has 3 rings (SSSR count). The average molecular weight is 319 g/mol. The van der Waals surface area contributed by atoms with Gasteiger partial charge in [0.1, 0.15) is 0 Å². The molecule has 0 saturated carbocycles. The number of nitrogens with zero attached hydrogens (tertiary/aromatic N) is 1. The first-order chi connectivity index (χ1) is 11.7. The van der Waals surface area contributed by atoms with E-state index in [1.165, 1.54) is 0 Å². The normalized spacial score (nSPS) is 10.2. The number of nitro groups is 1. The molecule has 0 aliphatic carbocycles. The molecular weight excluding hydrogens is 302 g/mol. The Bertz CT molecular complexity index is 821. The highest BCUT2D eigenvalue weighted by Gasteiger charge is 2.10. The Kier molecular flexibility index (Phi) is 4.72. The van der Waals surface area contributed by atoms with Crippen LogP contribution in [-0.4, -0.2) is 4.92 Å². The van der Waals surface area contributed by atoms with Gasteiger partial charge in [-0.05, 0) is 42.5 Å². The topological polar surface area (TPSA) is 67.2 Å². The van der Waals surface area contributed by atoms with Gasteiger partial charge >= 0.3 is 0 Å². The van der Waals surface area contributed by atoms with Crippen molar-refractivity contribution in [2.24, 2.45) is 0 Å². The molecule has 0 atom stereocenters. The molecular formula is C19H17N3O2. The Labute approximate surface area is 140 Å². The minimum atomic E-state index is -0.322. The monoisotopic (exact) mass is 319 g/mol. The van der Waals surface area contributed by atoms with Gasteiger partial charge in [0, 0.05) is 33.2 Å². The summed E-state index contributed by atoms with van der Waals surface area (Å²) in [7, 11) is 0. The van der Waals surface area contributed by atoms with Gasteiger partial charge in [0.15, 0.2) is 0 Å². The van der Waals surface area contributed by atoms with Crippen molar-refractivity contribution in [3.63, 3.8) is 0 Å². The number of benzene rings is 3. The van der Waals surface area contributed by atoms with Crippen molar-refractivity contribution in [2.45, 2.75) is 6.54 Å². The zero-order valence-electron chi connectivity index (χ0n) is 13.0. The Morgan fingerprint density at radius 2 is 1.33 bits per heavy atom. The molecule has 0 aliphatic rings. The molecule has 3 aromatic carbocycles. The summed E-state index contributed by atoms with van der Waals surface area (Å²) >= 11 is 0. The van der Waals surface area contributed by atoms with Crippen LogP contribution >= 0.6 is 0 Å². The van der Waals surface area contributed by atoms with Crippen molar-refractivity contribution in [3.8, 4) is 0 Å².